The lowest BCUT2D eigenvalue weighted by molar-refractivity contribution is -0.119. The molecule has 0 spiro atoms. The van der Waals surface area contributed by atoms with Gasteiger partial charge in [-0.1, -0.05) is 48.4 Å². The normalized spacial score (nSPS) is 22.4. The molecule has 0 aromatic heterocycles. The van der Waals surface area contributed by atoms with Crippen LogP contribution in [0.15, 0.2) is 72.6 Å². The van der Waals surface area contributed by atoms with E-state index in [1.54, 1.807) is 7.05 Å². The minimum Gasteiger partial charge on any atom is -0.465 e. The summed E-state index contributed by atoms with van der Waals surface area (Å²) in [5.74, 6) is -3.24. The van der Waals surface area contributed by atoms with E-state index in [2.05, 4.69) is 5.32 Å². The molecule has 8 nitrogen and oxygen atoms in total. The Morgan fingerprint density at radius 3 is 2.45 bits per heavy atom. The zero-order chi connectivity index (χ0) is 40.4. The van der Waals surface area contributed by atoms with Gasteiger partial charge in [0.2, 0.25) is 5.91 Å². The molecule has 1 N–H and O–H groups in total. The molecule has 5 rings (SSSR count). The Bertz CT molecular complexity index is 2070. The number of hydrogen-bond donors (Lipinski definition) is 1. The predicted octanol–water partition coefficient (Wildman–Crippen LogP) is 3.79. The Morgan fingerprint density at radius 2 is 1.77 bits per heavy atom. The summed E-state index contributed by atoms with van der Waals surface area (Å²) in [5, 5.41) is 2.56. The summed E-state index contributed by atoms with van der Waals surface area (Å²) in [6.07, 6.45) is -0.783. The first-order chi connectivity index (χ1) is 25.1. The fourth-order valence-electron chi connectivity index (χ4n) is 4.33. The van der Waals surface area contributed by atoms with Crippen molar-refractivity contribution in [3.05, 3.63) is 94.8 Å². The number of nitrogens with one attached hydrogen (secondary N) is 1. The number of anilines is 2. The fourth-order valence-corrected chi connectivity index (χ4v) is 4.33. The van der Waals surface area contributed by atoms with E-state index < -0.39 is 109 Å². The third-order valence-corrected chi connectivity index (χ3v) is 6.49. The molecule has 1 fully saturated rings. The zero-order valence-electron chi connectivity index (χ0n) is 35.7. The summed E-state index contributed by atoms with van der Waals surface area (Å²) in [4.78, 5) is 42.6. The SMILES string of the molecule is [2H]c1c([2H])c([2H])c(/C(Cc2c([2H])c([2H])c(N(C(=O)C([2H])([2H])N3CCN(C)CC3)C([2H])([2H])[2H])c([2H])c2[2H])=C2/C(=O)Nc3cc(C(=O)OC)ccc32)c([2H])c1[2H]. The van der Waals surface area contributed by atoms with Crippen LogP contribution in [0, 0.1) is 0 Å². The molecule has 8 heteroatoms. The number of esters is 1. The highest BCUT2D eigenvalue weighted by Crippen LogP contribution is 2.39. The summed E-state index contributed by atoms with van der Waals surface area (Å²) < 4.78 is 124. The minimum atomic E-state index is -3.49. The fraction of sp³-hybridized carbons (Fsp3) is 0.281. The second-order valence-electron chi connectivity index (χ2n) is 9.11. The van der Waals surface area contributed by atoms with Crippen molar-refractivity contribution in [2.45, 2.75) is 6.42 Å². The number of carbonyl (C=O) groups excluding carboxylic acids is 3. The van der Waals surface area contributed by atoms with Crippen LogP contribution in [0.4, 0.5) is 11.4 Å². The van der Waals surface area contributed by atoms with E-state index in [4.69, 9.17) is 23.9 Å². The average molecular weight is 553 g/mol. The molecule has 0 atom stereocenters. The number of benzene rings is 3. The number of fused-ring (bicyclic) bond motifs is 1. The van der Waals surface area contributed by atoms with Gasteiger partial charge in [0.05, 0.1) is 39.8 Å². The Hall–Kier alpha value is -4.27. The molecule has 0 unspecified atom stereocenters. The summed E-state index contributed by atoms with van der Waals surface area (Å²) in [5.41, 5.74) is -2.41. The van der Waals surface area contributed by atoms with Gasteiger partial charge in [0.1, 0.15) is 0 Å². The van der Waals surface area contributed by atoms with Gasteiger partial charge in [0.15, 0.2) is 0 Å². The van der Waals surface area contributed by atoms with E-state index in [-0.39, 0.29) is 45.9 Å². The maximum atomic E-state index is 13.8. The highest BCUT2D eigenvalue weighted by Gasteiger charge is 2.29. The number of allylic oxidation sites excluding steroid dienone is 1. The number of carbonyl (C=O) groups is 3. The molecule has 3 aromatic carbocycles. The van der Waals surface area contributed by atoms with E-state index in [0.717, 1.165) is 12.0 Å². The number of rotatable bonds is 7. The van der Waals surface area contributed by atoms with E-state index in [1.807, 2.05) is 4.90 Å². The topological polar surface area (TPSA) is 82.2 Å². The second kappa shape index (κ2) is 11.9. The van der Waals surface area contributed by atoms with Gasteiger partial charge in [-0.2, -0.15) is 0 Å². The van der Waals surface area contributed by atoms with Crippen LogP contribution in [0.25, 0.3) is 11.1 Å². The number of amides is 2. The summed E-state index contributed by atoms with van der Waals surface area (Å²) >= 11 is 0. The number of methoxy groups -OCH3 is 1. The Labute approximate surface area is 254 Å². The number of hydrogen-bond acceptors (Lipinski definition) is 6. The summed E-state index contributed by atoms with van der Waals surface area (Å²) in [6, 6.07) is -3.78. The molecular formula is C32H34N4O4. The number of nitrogens with zero attached hydrogens (tertiary/aromatic N) is 3. The van der Waals surface area contributed by atoms with Crippen LogP contribution in [0.1, 0.15) is 46.2 Å². The van der Waals surface area contributed by atoms with Gasteiger partial charge in [-0.15, -0.1) is 0 Å². The van der Waals surface area contributed by atoms with Gasteiger partial charge in [-0.25, -0.2) is 4.79 Å². The summed E-state index contributed by atoms with van der Waals surface area (Å²) in [7, 11) is 2.93. The van der Waals surface area contributed by atoms with Crippen LogP contribution in [0.5, 0.6) is 0 Å². The molecule has 0 saturated carbocycles. The largest absolute Gasteiger partial charge is 0.465 e. The van der Waals surface area contributed by atoms with Crippen molar-refractivity contribution in [1.29, 1.82) is 0 Å². The van der Waals surface area contributed by atoms with Crippen molar-refractivity contribution in [2.24, 2.45) is 0 Å². The van der Waals surface area contributed by atoms with E-state index >= 15 is 0 Å². The van der Waals surface area contributed by atoms with Crippen molar-refractivity contribution >= 4 is 40.3 Å². The van der Waals surface area contributed by atoms with E-state index in [9.17, 15) is 14.4 Å². The first-order valence-electron chi connectivity index (χ1n) is 19.3. The van der Waals surface area contributed by atoms with Crippen LogP contribution < -0.4 is 10.2 Å². The monoisotopic (exact) mass is 552 g/mol. The van der Waals surface area contributed by atoms with Gasteiger partial charge in [0.25, 0.3) is 5.91 Å². The molecule has 0 aliphatic carbocycles. The van der Waals surface area contributed by atoms with Crippen molar-refractivity contribution in [3.8, 4) is 0 Å². The van der Waals surface area contributed by atoms with Crippen molar-refractivity contribution in [1.82, 2.24) is 9.80 Å². The smallest absolute Gasteiger partial charge is 0.337 e. The molecule has 0 bridgehead atoms. The van der Waals surface area contributed by atoms with Crippen LogP contribution in [-0.2, 0) is 20.7 Å². The third kappa shape index (κ3) is 5.83. The number of ether oxygens (including phenoxy) is 1. The molecular weight excluding hydrogens is 504 g/mol. The lowest BCUT2D eigenvalue weighted by Crippen LogP contribution is -2.48. The highest BCUT2D eigenvalue weighted by molar-refractivity contribution is 6.37. The van der Waals surface area contributed by atoms with Gasteiger partial charge >= 0.3 is 5.97 Å². The number of piperazine rings is 1. The van der Waals surface area contributed by atoms with Gasteiger partial charge in [-0.05, 0) is 54.4 Å². The van der Waals surface area contributed by atoms with Crippen LogP contribution in [0.2, 0.25) is 0 Å². The Balaban J connectivity index is 1.75. The van der Waals surface area contributed by atoms with E-state index in [0.29, 0.717) is 13.1 Å². The van der Waals surface area contributed by atoms with Crippen molar-refractivity contribution in [3.63, 3.8) is 0 Å². The van der Waals surface area contributed by atoms with Crippen LogP contribution >= 0.6 is 0 Å². The van der Waals surface area contributed by atoms with Gasteiger partial charge in [-0.3, -0.25) is 14.5 Å². The molecule has 2 amide bonds. The molecule has 2 aliphatic rings. The molecule has 40 heavy (non-hydrogen) atoms. The standard InChI is InChI=1S/C32H34N4O4/c1-34-15-17-36(18-16-34)21-29(37)35(2)25-12-9-22(10-13-25)19-27(23-7-5-4-6-8-23)30-26-14-11-24(32(39)40-3)20-28(26)33-31(30)38/h4-14,20H,15-19,21H2,1-3H3,(H,33,38)/b30-27+/i2D3,4D,5D,6D,7D,8D,9D,10D,12D,13D,21D2. The summed E-state index contributed by atoms with van der Waals surface area (Å²) in [6.45, 7) is -5.61. The first kappa shape index (κ1) is 14.9. The maximum absolute atomic E-state index is 13.8. The quantitative estimate of drug-likeness (QED) is 0.355. The predicted molar refractivity (Wildman–Crippen MR) is 157 cm³/mol. The third-order valence-electron chi connectivity index (χ3n) is 6.49. The first-order valence-corrected chi connectivity index (χ1v) is 12.3. The van der Waals surface area contributed by atoms with Gasteiger partial charge in [0, 0.05) is 54.2 Å². The van der Waals surface area contributed by atoms with E-state index in [1.165, 1.54) is 18.2 Å². The molecule has 1 saturated heterocycles. The van der Waals surface area contributed by atoms with Crippen molar-refractivity contribution in [2.75, 3.05) is 64.0 Å². The van der Waals surface area contributed by atoms with Crippen LogP contribution in [0.3, 0.4) is 0 Å². The zero-order valence-corrected chi connectivity index (χ0v) is 21.7. The van der Waals surface area contributed by atoms with Crippen molar-refractivity contribution < 1.29 is 38.3 Å². The Morgan fingerprint density at radius 1 is 1.05 bits per heavy atom. The molecule has 0 radical (unpaired) electrons. The number of likely N-dealkylation sites (N-methyl/N-ethyl adjacent to an activating group) is 2. The molecule has 206 valence electrons. The molecule has 3 aromatic rings. The van der Waals surface area contributed by atoms with Crippen LogP contribution in [-0.4, -0.2) is 81.4 Å². The second-order valence-corrected chi connectivity index (χ2v) is 9.11. The average Bonchev–Trinajstić information content (AvgIpc) is 3.45. The molecule has 2 heterocycles. The lowest BCUT2D eigenvalue weighted by Gasteiger charge is -2.32. The Kier molecular flexibility index (Phi) is 4.42. The highest BCUT2D eigenvalue weighted by atomic mass is 16.5. The maximum Gasteiger partial charge on any atom is 0.337 e. The minimum absolute atomic E-state index is 0.0442. The lowest BCUT2D eigenvalue weighted by atomic mass is 9.90. The van der Waals surface area contributed by atoms with Gasteiger partial charge < -0.3 is 19.9 Å². The molecule has 2 aliphatic heterocycles.